The number of nitrogens with two attached hydrogens (primary N) is 1. The lowest BCUT2D eigenvalue weighted by Gasteiger charge is -2.29. The van der Waals surface area contributed by atoms with Crippen molar-refractivity contribution >= 4 is 11.6 Å². The molecule has 0 saturated carbocycles. The van der Waals surface area contributed by atoms with Gasteiger partial charge in [0.1, 0.15) is 0 Å². The van der Waals surface area contributed by atoms with E-state index in [1.165, 1.54) is 19.4 Å². The van der Waals surface area contributed by atoms with Crippen LogP contribution in [0.2, 0.25) is 0 Å². The number of rotatable bonds is 5. The number of nitrogen functional groups attached to an aromatic ring is 1. The van der Waals surface area contributed by atoms with Crippen molar-refractivity contribution in [2.45, 2.75) is 25.7 Å². The number of para-hydroxylation sites is 1. The summed E-state index contributed by atoms with van der Waals surface area (Å²) in [5.74, 6) is 0.723. The van der Waals surface area contributed by atoms with Gasteiger partial charge in [-0.3, -0.25) is 4.79 Å². The number of aryl methyl sites for hydroxylation is 1. The molecule has 0 aliphatic carbocycles. The highest BCUT2D eigenvalue weighted by atomic mass is 16.1. The van der Waals surface area contributed by atoms with Crippen molar-refractivity contribution in [1.82, 2.24) is 10.2 Å². The Balaban J connectivity index is 1.69. The second kappa shape index (κ2) is 7.29. The Bertz CT molecular complexity index is 447. The van der Waals surface area contributed by atoms with Crippen LogP contribution in [0, 0.1) is 5.92 Å². The third-order valence-corrected chi connectivity index (χ3v) is 3.99. The molecule has 1 aromatic carbocycles. The van der Waals surface area contributed by atoms with Crippen molar-refractivity contribution in [3.63, 3.8) is 0 Å². The van der Waals surface area contributed by atoms with E-state index in [1.54, 1.807) is 0 Å². The van der Waals surface area contributed by atoms with E-state index >= 15 is 0 Å². The average molecular weight is 275 g/mol. The molecule has 0 radical (unpaired) electrons. The number of benzene rings is 1. The van der Waals surface area contributed by atoms with Crippen LogP contribution in [0.25, 0.3) is 0 Å². The molecule has 4 nitrogen and oxygen atoms in total. The number of amides is 1. The normalized spacial score (nSPS) is 19.8. The summed E-state index contributed by atoms with van der Waals surface area (Å²) in [7, 11) is 2.15. The lowest BCUT2D eigenvalue weighted by Crippen LogP contribution is -2.39. The molecule has 20 heavy (non-hydrogen) atoms. The summed E-state index contributed by atoms with van der Waals surface area (Å²) in [6, 6.07) is 7.74. The van der Waals surface area contributed by atoms with E-state index in [4.69, 9.17) is 5.73 Å². The Kier molecular flexibility index (Phi) is 5.41. The Morgan fingerprint density at radius 1 is 1.45 bits per heavy atom. The van der Waals surface area contributed by atoms with Crippen molar-refractivity contribution < 1.29 is 4.79 Å². The highest BCUT2D eigenvalue weighted by molar-refractivity contribution is 5.76. The predicted molar refractivity (Wildman–Crippen MR) is 82.4 cm³/mol. The van der Waals surface area contributed by atoms with Gasteiger partial charge in [-0.1, -0.05) is 18.2 Å². The standard InChI is InChI=1S/C16H25N3O/c1-19-10-4-5-13(12-19)11-18-16(20)9-8-14-6-2-3-7-15(14)17/h2-3,6-7,13H,4-5,8-12,17H2,1H3,(H,18,20). The van der Waals surface area contributed by atoms with Crippen LogP contribution < -0.4 is 11.1 Å². The summed E-state index contributed by atoms with van der Waals surface area (Å²) >= 11 is 0. The molecule has 2 rings (SSSR count). The molecule has 4 heteroatoms. The molecular weight excluding hydrogens is 250 g/mol. The van der Waals surface area contributed by atoms with Crippen LogP contribution in [0.1, 0.15) is 24.8 Å². The molecule has 0 bridgehead atoms. The van der Waals surface area contributed by atoms with Crippen LogP contribution >= 0.6 is 0 Å². The van der Waals surface area contributed by atoms with E-state index in [0.717, 1.165) is 24.3 Å². The summed E-state index contributed by atoms with van der Waals surface area (Å²) in [6.45, 7) is 3.07. The van der Waals surface area contributed by atoms with Gasteiger partial charge in [0.15, 0.2) is 0 Å². The molecule has 0 spiro atoms. The lowest BCUT2D eigenvalue weighted by molar-refractivity contribution is -0.121. The maximum Gasteiger partial charge on any atom is 0.220 e. The molecule has 1 aliphatic rings. The van der Waals surface area contributed by atoms with Gasteiger partial charge in [-0.15, -0.1) is 0 Å². The third kappa shape index (κ3) is 4.53. The number of hydrogen-bond donors (Lipinski definition) is 2. The Hall–Kier alpha value is -1.55. The smallest absolute Gasteiger partial charge is 0.220 e. The summed E-state index contributed by atoms with van der Waals surface area (Å²) in [4.78, 5) is 14.2. The number of hydrogen-bond acceptors (Lipinski definition) is 3. The van der Waals surface area contributed by atoms with Crippen LogP contribution in [-0.4, -0.2) is 37.5 Å². The predicted octanol–water partition coefficient (Wildman–Crippen LogP) is 1.66. The first-order valence-corrected chi connectivity index (χ1v) is 7.44. The minimum absolute atomic E-state index is 0.126. The molecule has 1 heterocycles. The van der Waals surface area contributed by atoms with Gasteiger partial charge >= 0.3 is 0 Å². The van der Waals surface area contributed by atoms with E-state index in [-0.39, 0.29) is 5.91 Å². The SMILES string of the molecule is CN1CCCC(CNC(=O)CCc2ccccc2N)C1. The Labute approximate surface area is 121 Å². The molecule has 110 valence electrons. The number of carbonyl (C=O) groups is 1. The van der Waals surface area contributed by atoms with Gasteiger partial charge in [0.2, 0.25) is 5.91 Å². The number of anilines is 1. The first kappa shape index (κ1) is 14.9. The summed E-state index contributed by atoms with van der Waals surface area (Å²) in [5.41, 5.74) is 7.70. The fraction of sp³-hybridized carbons (Fsp3) is 0.562. The molecule has 1 amide bonds. The molecule has 1 aromatic rings. The lowest BCUT2D eigenvalue weighted by atomic mass is 9.98. The molecule has 1 saturated heterocycles. The zero-order valence-electron chi connectivity index (χ0n) is 12.3. The van der Waals surface area contributed by atoms with Gasteiger partial charge in [0, 0.05) is 25.2 Å². The van der Waals surface area contributed by atoms with Crippen LogP contribution in [0.3, 0.4) is 0 Å². The average Bonchev–Trinajstić information content (AvgIpc) is 2.44. The van der Waals surface area contributed by atoms with E-state index < -0.39 is 0 Å². The van der Waals surface area contributed by atoms with Crippen LogP contribution in [-0.2, 0) is 11.2 Å². The summed E-state index contributed by atoms with van der Waals surface area (Å²) in [5, 5.41) is 3.06. The van der Waals surface area contributed by atoms with Gasteiger partial charge in [-0.25, -0.2) is 0 Å². The van der Waals surface area contributed by atoms with Gasteiger partial charge < -0.3 is 16.0 Å². The highest BCUT2D eigenvalue weighted by Gasteiger charge is 2.17. The zero-order valence-corrected chi connectivity index (χ0v) is 12.3. The Morgan fingerprint density at radius 2 is 2.25 bits per heavy atom. The van der Waals surface area contributed by atoms with E-state index in [2.05, 4.69) is 17.3 Å². The van der Waals surface area contributed by atoms with E-state index in [1.807, 2.05) is 24.3 Å². The van der Waals surface area contributed by atoms with Gasteiger partial charge in [0.05, 0.1) is 0 Å². The fourth-order valence-corrected chi connectivity index (χ4v) is 2.80. The number of piperidine rings is 1. The quantitative estimate of drug-likeness (QED) is 0.804. The Morgan fingerprint density at radius 3 is 3.00 bits per heavy atom. The van der Waals surface area contributed by atoms with Crippen molar-refractivity contribution in [2.75, 3.05) is 32.4 Å². The first-order chi connectivity index (χ1) is 9.65. The maximum absolute atomic E-state index is 11.9. The van der Waals surface area contributed by atoms with Crippen LogP contribution in [0.5, 0.6) is 0 Å². The second-order valence-corrected chi connectivity index (χ2v) is 5.77. The zero-order chi connectivity index (χ0) is 14.4. The van der Waals surface area contributed by atoms with Crippen LogP contribution in [0.4, 0.5) is 5.69 Å². The molecular formula is C16H25N3O. The van der Waals surface area contributed by atoms with Crippen LogP contribution in [0.15, 0.2) is 24.3 Å². The number of nitrogens with zero attached hydrogens (tertiary/aromatic N) is 1. The largest absolute Gasteiger partial charge is 0.399 e. The molecule has 1 atom stereocenters. The van der Waals surface area contributed by atoms with E-state index in [0.29, 0.717) is 18.8 Å². The van der Waals surface area contributed by atoms with Gasteiger partial charge in [0.25, 0.3) is 0 Å². The second-order valence-electron chi connectivity index (χ2n) is 5.77. The van der Waals surface area contributed by atoms with Gasteiger partial charge in [-0.05, 0) is 50.4 Å². The van der Waals surface area contributed by atoms with Crippen molar-refractivity contribution in [3.05, 3.63) is 29.8 Å². The minimum atomic E-state index is 0.126. The summed E-state index contributed by atoms with van der Waals surface area (Å²) < 4.78 is 0. The molecule has 0 aromatic heterocycles. The summed E-state index contributed by atoms with van der Waals surface area (Å²) in [6.07, 6.45) is 3.67. The molecule has 1 fully saturated rings. The molecule has 1 unspecified atom stereocenters. The maximum atomic E-state index is 11.9. The van der Waals surface area contributed by atoms with E-state index in [9.17, 15) is 4.79 Å². The van der Waals surface area contributed by atoms with Crippen molar-refractivity contribution in [2.24, 2.45) is 5.92 Å². The monoisotopic (exact) mass is 275 g/mol. The molecule has 3 N–H and O–H groups in total. The van der Waals surface area contributed by atoms with Gasteiger partial charge in [-0.2, -0.15) is 0 Å². The fourth-order valence-electron chi connectivity index (χ4n) is 2.80. The minimum Gasteiger partial charge on any atom is -0.399 e. The first-order valence-electron chi connectivity index (χ1n) is 7.44. The third-order valence-electron chi connectivity index (χ3n) is 3.99. The number of carbonyl (C=O) groups excluding carboxylic acids is 1. The van der Waals surface area contributed by atoms with Crippen molar-refractivity contribution in [1.29, 1.82) is 0 Å². The highest BCUT2D eigenvalue weighted by Crippen LogP contribution is 2.15. The molecule has 1 aliphatic heterocycles. The topological polar surface area (TPSA) is 58.4 Å². The van der Waals surface area contributed by atoms with Crippen molar-refractivity contribution in [3.8, 4) is 0 Å². The number of nitrogens with one attached hydrogen (secondary N) is 1. The number of likely N-dealkylation sites (tertiary alicyclic amines) is 1.